The van der Waals surface area contributed by atoms with Crippen molar-refractivity contribution in [2.45, 2.75) is 96.4 Å². The Morgan fingerprint density at radius 3 is 2.71 bits per heavy atom. The fourth-order valence-corrected chi connectivity index (χ4v) is 6.20. The van der Waals surface area contributed by atoms with E-state index in [4.69, 9.17) is 0 Å². The largest absolute Gasteiger partial charge is 0.393 e. The van der Waals surface area contributed by atoms with E-state index in [0.29, 0.717) is 17.9 Å². The van der Waals surface area contributed by atoms with Crippen molar-refractivity contribution in [1.82, 2.24) is 0 Å². The van der Waals surface area contributed by atoms with Gasteiger partial charge in [0.15, 0.2) is 0 Å². The summed E-state index contributed by atoms with van der Waals surface area (Å²) in [5.41, 5.74) is 3.87. The molecule has 31 heavy (non-hydrogen) atoms. The molecule has 3 heteroatoms. The van der Waals surface area contributed by atoms with E-state index in [1.54, 1.807) is 19.4 Å². The van der Waals surface area contributed by atoms with Crippen molar-refractivity contribution in [2.75, 3.05) is 0 Å². The van der Waals surface area contributed by atoms with Crippen molar-refractivity contribution >= 4 is 0 Å². The number of rotatable bonds is 3. The molecule has 0 aromatic heterocycles. The summed E-state index contributed by atoms with van der Waals surface area (Å²) < 4.78 is 14.1. The molecule has 0 heterocycles. The number of aliphatic hydroxyl groups excluding tert-OH is 1. The van der Waals surface area contributed by atoms with Crippen molar-refractivity contribution in [3.63, 3.8) is 0 Å². The molecule has 168 valence electrons. The Hall–Kier alpha value is -1.63. The van der Waals surface area contributed by atoms with Gasteiger partial charge in [0, 0.05) is 18.3 Å². The molecule has 0 aliphatic heterocycles. The molecule has 3 saturated carbocycles. The third-order valence-corrected chi connectivity index (χ3v) is 8.02. The second-order valence-electron chi connectivity index (χ2n) is 11.0. The minimum Gasteiger partial charge on any atom is -0.393 e. The number of alkyl halides is 1. The fraction of sp³-hybridized carbons (Fsp3) is 0.643. The molecule has 0 bridgehead atoms. The van der Waals surface area contributed by atoms with E-state index in [0.717, 1.165) is 24.8 Å². The average Bonchev–Trinajstić information content (AvgIpc) is 3.35. The average molecular weight is 425 g/mol. The highest BCUT2D eigenvalue weighted by Crippen LogP contribution is 2.67. The third kappa shape index (κ3) is 4.48. The highest BCUT2D eigenvalue weighted by Gasteiger charge is 2.56. The molecule has 0 spiro atoms. The van der Waals surface area contributed by atoms with Gasteiger partial charge in [-0.2, -0.15) is 0 Å². The van der Waals surface area contributed by atoms with E-state index in [-0.39, 0.29) is 17.3 Å². The Bertz CT molecular complexity index is 900. The molecule has 0 amide bonds. The Balaban J connectivity index is 1.54. The highest BCUT2D eigenvalue weighted by atomic mass is 19.1. The first-order valence-electron chi connectivity index (χ1n) is 11.9. The summed E-state index contributed by atoms with van der Waals surface area (Å²) in [4.78, 5) is 0. The zero-order chi connectivity index (χ0) is 22.4. The molecule has 0 aromatic carbocycles. The fourth-order valence-electron chi connectivity index (χ4n) is 6.20. The Labute approximate surface area is 187 Å². The molecule has 0 aromatic rings. The van der Waals surface area contributed by atoms with E-state index in [1.807, 2.05) is 6.08 Å². The monoisotopic (exact) mass is 424 g/mol. The number of hydrogen-bond donors (Lipinski definition) is 2. The van der Waals surface area contributed by atoms with Crippen LogP contribution in [0.3, 0.4) is 0 Å². The molecule has 4 aliphatic carbocycles. The minimum absolute atomic E-state index is 0.166. The summed E-state index contributed by atoms with van der Waals surface area (Å²) >= 11 is 0. The second-order valence-corrected chi connectivity index (χ2v) is 11.0. The lowest BCUT2D eigenvalue weighted by Gasteiger charge is -2.43. The van der Waals surface area contributed by atoms with E-state index >= 15 is 0 Å². The van der Waals surface area contributed by atoms with Crippen LogP contribution in [0.15, 0.2) is 47.1 Å². The van der Waals surface area contributed by atoms with E-state index in [9.17, 15) is 14.6 Å². The van der Waals surface area contributed by atoms with E-state index < -0.39 is 17.9 Å². The van der Waals surface area contributed by atoms with Crippen molar-refractivity contribution in [3.8, 4) is 11.8 Å². The third-order valence-electron chi connectivity index (χ3n) is 8.02. The highest BCUT2D eigenvalue weighted by molar-refractivity contribution is 5.42. The maximum Gasteiger partial charge on any atom is 0.127 e. The summed E-state index contributed by atoms with van der Waals surface area (Å²) in [7, 11) is 0. The van der Waals surface area contributed by atoms with Gasteiger partial charge in [0.05, 0.1) is 6.10 Å². The zero-order valence-corrected chi connectivity index (χ0v) is 19.3. The number of aliphatic hydroxyl groups is 2. The lowest BCUT2D eigenvalue weighted by Crippen LogP contribution is -2.33. The lowest BCUT2D eigenvalue weighted by atomic mass is 9.61. The first-order valence-corrected chi connectivity index (χ1v) is 11.9. The zero-order valence-electron chi connectivity index (χ0n) is 19.3. The normalized spacial score (nSPS) is 37.3. The summed E-state index contributed by atoms with van der Waals surface area (Å²) in [6.45, 7) is 9.84. The van der Waals surface area contributed by atoms with Crippen molar-refractivity contribution in [2.24, 2.45) is 16.7 Å². The number of fused-ring (bicyclic) bond motifs is 1. The summed E-state index contributed by atoms with van der Waals surface area (Å²) in [6.07, 6.45) is 13.4. The molecule has 0 saturated heterocycles. The molecular formula is C28H37FO2. The van der Waals surface area contributed by atoms with Gasteiger partial charge in [-0.1, -0.05) is 54.7 Å². The molecule has 2 nitrogen and oxygen atoms in total. The van der Waals surface area contributed by atoms with Crippen LogP contribution in [0.1, 0.15) is 78.6 Å². The quantitative estimate of drug-likeness (QED) is 0.433. The van der Waals surface area contributed by atoms with Crippen molar-refractivity contribution in [1.29, 1.82) is 0 Å². The van der Waals surface area contributed by atoms with Gasteiger partial charge in [-0.3, -0.25) is 0 Å². The van der Waals surface area contributed by atoms with Crippen LogP contribution >= 0.6 is 0 Å². The van der Waals surface area contributed by atoms with Crippen LogP contribution in [0, 0.1) is 28.6 Å². The first kappa shape index (κ1) is 22.6. The maximum absolute atomic E-state index is 14.1. The van der Waals surface area contributed by atoms with Gasteiger partial charge in [0.1, 0.15) is 11.8 Å². The van der Waals surface area contributed by atoms with Gasteiger partial charge >= 0.3 is 0 Å². The SMILES string of the molecule is C=C1/C(=C\C=C2/CCC[C@]3(C)C(C4(CC#CC(C)(C)O)CC4)=CC[C@@H]23)C[C@@H](O)C[C@@H]1F. The van der Waals surface area contributed by atoms with Crippen LogP contribution in [0.5, 0.6) is 0 Å². The summed E-state index contributed by atoms with van der Waals surface area (Å²) in [5, 5.41) is 19.9. The molecule has 4 atom stereocenters. The van der Waals surface area contributed by atoms with Gasteiger partial charge in [-0.05, 0) is 81.3 Å². The van der Waals surface area contributed by atoms with Crippen molar-refractivity contribution in [3.05, 3.63) is 47.1 Å². The topological polar surface area (TPSA) is 40.5 Å². The molecule has 4 aliphatic rings. The van der Waals surface area contributed by atoms with Crippen LogP contribution in [-0.2, 0) is 0 Å². The molecule has 0 radical (unpaired) electrons. The number of hydrogen-bond acceptors (Lipinski definition) is 2. The van der Waals surface area contributed by atoms with Gasteiger partial charge in [-0.15, -0.1) is 0 Å². The van der Waals surface area contributed by atoms with Crippen molar-refractivity contribution < 1.29 is 14.6 Å². The number of halogens is 1. The van der Waals surface area contributed by atoms with Gasteiger partial charge in [0.25, 0.3) is 0 Å². The van der Waals surface area contributed by atoms with Crippen LogP contribution in [0.25, 0.3) is 0 Å². The lowest BCUT2D eigenvalue weighted by molar-refractivity contribution is 0.124. The smallest absolute Gasteiger partial charge is 0.127 e. The molecule has 4 rings (SSSR count). The van der Waals surface area contributed by atoms with Gasteiger partial charge in [-0.25, -0.2) is 4.39 Å². The van der Waals surface area contributed by atoms with Gasteiger partial charge < -0.3 is 10.2 Å². The Kier molecular flexibility index (Phi) is 5.86. The standard InChI is InChI=1S/C28H37FO2/c1-19-21(17-22(30)18-24(19)29)9-8-20-7-5-13-27(4)23(20)10-11-25(27)28(15-16-28)14-6-12-26(2,3)31/h8-9,11,22-24,30-31H,1,5,7,10,13-18H2,2-4H3/b20-8+,21-9-/t22-,23+,24+,27+/m1/s1. The number of allylic oxidation sites excluding steroid dienone is 6. The maximum atomic E-state index is 14.1. The molecule has 0 unspecified atom stereocenters. The van der Waals surface area contributed by atoms with E-state index in [2.05, 4.69) is 37.5 Å². The molecule has 3 fully saturated rings. The Morgan fingerprint density at radius 2 is 2.03 bits per heavy atom. The minimum atomic E-state index is -1.13. The van der Waals surface area contributed by atoms with Crippen LogP contribution in [0.4, 0.5) is 4.39 Å². The molecular weight excluding hydrogens is 387 g/mol. The van der Waals surface area contributed by atoms with Gasteiger partial charge in [0.2, 0.25) is 0 Å². The van der Waals surface area contributed by atoms with E-state index in [1.165, 1.54) is 31.3 Å². The predicted molar refractivity (Wildman–Crippen MR) is 124 cm³/mol. The summed E-state index contributed by atoms with van der Waals surface area (Å²) in [5.74, 6) is 6.77. The summed E-state index contributed by atoms with van der Waals surface area (Å²) in [6, 6.07) is 0. The van der Waals surface area contributed by atoms with Crippen LogP contribution in [-0.4, -0.2) is 28.1 Å². The second kappa shape index (κ2) is 8.05. The van der Waals surface area contributed by atoms with Crippen LogP contribution < -0.4 is 0 Å². The Morgan fingerprint density at radius 1 is 1.29 bits per heavy atom. The predicted octanol–water partition coefficient (Wildman–Crippen LogP) is 5.97. The first-order chi connectivity index (χ1) is 14.5. The van der Waals surface area contributed by atoms with Crippen LogP contribution in [0.2, 0.25) is 0 Å². The molecule has 2 N–H and O–H groups in total.